The van der Waals surface area contributed by atoms with E-state index in [1.54, 1.807) is 21.0 Å². The van der Waals surface area contributed by atoms with E-state index in [9.17, 15) is 9.59 Å². The first kappa shape index (κ1) is 18.2. The Kier molecular flexibility index (Phi) is 4.58. The van der Waals surface area contributed by atoms with Crippen molar-refractivity contribution in [2.45, 2.75) is 31.7 Å². The summed E-state index contributed by atoms with van der Waals surface area (Å²) in [6, 6.07) is 10.2. The van der Waals surface area contributed by atoms with E-state index in [0.717, 1.165) is 24.1 Å². The highest BCUT2D eigenvalue weighted by Crippen LogP contribution is 2.40. The summed E-state index contributed by atoms with van der Waals surface area (Å²) in [6.07, 6.45) is 2.11. The number of aryl methyl sites for hydroxylation is 1. The number of amides is 2. The number of hydrogen-bond acceptors (Lipinski definition) is 5. The van der Waals surface area contributed by atoms with E-state index in [2.05, 4.69) is 15.5 Å². The van der Waals surface area contributed by atoms with E-state index in [1.165, 1.54) is 4.90 Å². The second-order valence-electron chi connectivity index (χ2n) is 7.37. The molecule has 0 unspecified atom stereocenters. The second-order valence-corrected chi connectivity index (χ2v) is 7.37. The van der Waals surface area contributed by atoms with Crippen LogP contribution in [0.1, 0.15) is 52.1 Å². The number of hydrogen-bond donors (Lipinski definition) is 1. The molecule has 2 heterocycles. The van der Waals surface area contributed by atoms with Crippen molar-refractivity contribution in [3.63, 3.8) is 0 Å². The Morgan fingerprint density at radius 3 is 2.57 bits per heavy atom. The smallest absolute Gasteiger partial charge is 0.259 e. The maximum absolute atomic E-state index is 13.2. The summed E-state index contributed by atoms with van der Waals surface area (Å²) in [6.45, 7) is 1.78. The third-order valence-corrected chi connectivity index (χ3v) is 4.97. The van der Waals surface area contributed by atoms with E-state index in [0.29, 0.717) is 28.3 Å². The minimum atomic E-state index is -0.781. The van der Waals surface area contributed by atoms with Crippen molar-refractivity contribution >= 4 is 22.9 Å². The minimum Gasteiger partial charge on any atom is -0.347 e. The second kappa shape index (κ2) is 7.07. The number of rotatable bonds is 5. The lowest BCUT2D eigenvalue weighted by Gasteiger charge is -2.22. The summed E-state index contributed by atoms with van der Waals surface area (Å²) in [7, 11) is 3.34. The zero-order valence-electron chi connectivity index (χ0n) is 16.1. The topological polar surface area (TPSA) is 88.3 Å². The molecule has 2 aromatic heterocycles. The molecule has 144 valence electrons. The molecule has 7 heteroatoms. The van der Waals surface area contributed by atoms with E-state index in [1.807, 2.05) is 36.4 Å². The first-order valence-corrected chi connectivity index (χ1v) is 9.29. The summed E-state index contributed by atoms with van der Waals surface area (Å²) < 4.78 is 5.32. The van der Waals surface area contributed by atoms with Gasteiger partial charge in [-0.25, -0.2) is 4.98 Å². The normalized spacial score (nSPS) is 14.7. The number of aromatic nitrogens is 2. The molecular weight excluding hydrogens is 356 g/mol. The lowest BCUT2D eigenvalue weighted by molar-refractivity contribution is -0.130. The molecule has 0 saturated heterocycles. The lowest BCUT2D eigenvalue weighted by atomic mass is 10.0. The average molecular weight is 378 g/mol. The Labute approximate surface area is 162 Å². The number of nitrogens with zero attached hydrogens (tertiary/aromatic N) is 3. The maximum Gasteiger partial charge on any atom is 0.259 e. The van der Waals surface area contributed by atoms with Crippen LogP contribution >= 0.6 is 0 Å². The van der Waals surface area contributed by atoms with Gasteiger partial charge in [-0.05, 0) is 31.4 Å². The van der Waals surface area contributed by atoms with Crippen molar-refractivity contribution in [2.75, 3.05) is 14.1 Å². The van der Waals surface area contributed by atoms with E-state index >= 15 is 0 Å². The average Bonchev–Trinajstić information content (AvgIpc) is 3.49. The van der Waals surface area contributed by atoms with Crippen LogP contribution in [0, 0.1) is 6.92 Å². The van der Waals surface area contributed by atoms with Crippen molar-refractivity contribution in [1.29, 1.82) is 0 Å². The maximum atomic E-state index is 13.2. The third-order valence-electron chi connectivity index (χ3n) is 4.97. The Hall–Kier alpha value is -3.22. The summed E-state index contributed by atoms with van der Waals surface area (Å²) in [5.41, 5.74) is 2.97. The quantitative estimate of drug-likeness (QED) is 0.737. The SMILES string of the molecule is Cc1noc2nc(C3CC3)cc(C(=O)N[C@@H](C(=O)N(C)C)c3ccccc3)c12. The third kappa shape index (κ3) is 3.35. The number of fused-ring (bicyclic) bond motifs is 1. The highest BCUT2D eigenvalue weighted by molar-refractivity contribution is 6.07. The minimum absolute atomic E-state index is 0.200. The number of likely N-dealkylation sites (N-methyl/N-ethyl adjacent to an activating group) is 1. The van der Waals surface area contributed by atoms with Crippen LogP contribution in [0.15, 0.2) is 40.9 Å². The van der Waals surface area contributed by atoms with E-state index in [4.69, 9.17) is 4.52 Å². The van der Waals surface area contributed by atoms with Gasteiger partial charge < -0.3 is 14.7 Å². The highest BCUT2D eigenvalue weighted by Gasteiger charge is 2.30. The molecule has 1 aliphatic carbocycles. The summed E-state index contributed by atoms with van der Waals surface area (Å²) >= 11 is 0. The van der Waals surface area contributed by atoms with Crippen molar-refractivity contribution in [1.82, 2.24) is 20.4 Å². The Bertz CT molecular complexity index is 1040. The Morgan fingerprint density at radius 1 is 1.21 bits per heavy atom. The molecule has 1 aromatic carbocycles. The van der Waals surface area contributed by atoms with Gasteiger partial charge in [-0.1, -0.05) is 35.5 Å². The molecule has 2 amide bonds. The van der Waals surface area contributed by atoms with Gasteiger partial charge in [0.1, 0.15) is 6.04 Å². The van der Waals surface area contributed by atoms with Gasteiger partial charge in [0, 0.05) is 25.7 Å². The van der Waals surface area contributed by atoms with Gasteiger partial charge in [0.05, 0.1) is 16.6 Å². The van der Waals surface area contributed by atoms with Gasteiger partial charge >= 0.3 is 0 Å². The fourth-order valence-electron chi connectivity index (χ4n) is 3.28. The van der Waals surface area contributed by atoms with Crippen LogP contribution in [-0.2, 0) is 4.79 Å². The van der Waals surface area contributed by atoms with Crippen LogP contribution in [-0.4, -0.2) is 41.0 Å². The van der Waals surface area contributed by atoms with Gasteiger partial charge in [0.25, 0.3) is 11.6 Å². The van der Waals surface area contributed by atoms with Gasteiger partial charge in [-0.3, -0.25) is 9.59 Å². The Morgan fingerprint density at radius 2 is 1.93 bits per heavy atom. The predicted octanol–water partition coefficient (Wildman–Crippen LogP) is 2.97. The van der Waals surface area contributed by atoms with Crippen molar-refractivity contribution in [3.8, 4) is 0 Å². The van der Waals surface area contributed by atoms with E-state index in [-0.39, 0.29) is 11.8 Å². The highest BCUT2D eigenvalue weighted by atomic mass is 16.5. The molecule has 0 spiro atoms. The molecule has 28 heavy (non-hydrogen) atoms. The van der Waals surface area contributed by atoms with Gasteiger partial charge in [0.15, 0.2) is 0 Å². The van der Waals surface area contributed by atoms with Crippen molar-refractivity contribution in [3.05, 3.63) is 58.9 Å². The van der Waals surface area contributed by atoms with Crippen LogP contribution < -0.4 is 5.32 Å². The van der Waals surface area contributed by atoms with Crippen molar-refractivity contribution in [2.24, 2.45) is 0 Å². The number of pyridine rings is 1. The standard InChI is InChI=1S/C21H22N4O3/c1-12-17-15(11-16(13-9-10-13)22-20(17)28-24-12)19(26)23-18(21(27)25(2)3)14-7-5-4-6-8-14/h4-8,11,13,18H,9-10H2,1-3H3,(H,23,26)/t18-/m1/s1. The number of carbonyl (C=O) groups is 2. The molecule has 7 nitrogen and oxygen atoms in total. The summed E-state index contributed by atoms with van der Waals surface area (Å²) in [5, 5.41) is 7.46. The lowest BCUT2D eigenvalue weighted by Crippen LogP contribution is -2.40. The summed E-state index contributed by atoms with van der Waals surface area (Å²) in [4.78, 5) is 32.0. The molecule has 1 saturated carbocycles. The largest absolute Gasteiger partial charge is 0.347 e. The van der Waals surface area contributed by atoms with Gasteiger partial charge in [-0.15, -0.1) is 0 Å². The molecule has 0 aliphatic heterocycles. The molecule has 1 fully saturated rings. The van der Waals surface area contributed by atoms with Crippen LogP contribution in [0.2, 0.25) is 0 Å². The molecule has 4 rings (SSSR count). The fraction of sp³-hybridized carbons (Fsp3) is 0.333. The Balaban J connectivity index is 1.73. The van der Waals surface area contributed by atoms with E-state index < -0.39 is 6.04 Å². The van der Waals surface area contributed by atoms with Gasteiger partial charge in [-0.2, -0.15) is 0 Å². The fourth-order valence-corrected chi connectivity index (χ4v) is 3.28. The number of carbonyl (C=O) groups excluding carboxylic acids is 2. The van der Waals surface area contributed by atoms with Crippen molar-refractivity contribution < 1.29 is 14.1 Å². The van der Waals surface area contributed by atoms with Crippen LogP contribution in [0.3, 0.4) is 0 Å². The zero-order chi connectivity index (χ0) is 19.8. The zero-order valence-corrected chi connectivity index (χ0v) is 16.1. The molecule has 0 radical (unpaired) electrons. The molecule has 1 N–H and O–H groups in total. The first-order chi connectivity index (χ1) is 13.5. The number of nitrogens with one attached hydrogen (secondary N) is 1. The molecule has 1 atom stereocenters. The van der Waals surface area contributed by atoms with Gasteiger partial charge in [0.2, 0.25) is 5.91 Å². The van der Waals surface area contributed by atoms with Crippen LogP contribution in [0.25, 0.3) is 11.1 Å². The molecule has 0 bridgehead atoms. The monoisotopic (exact) mass is 378 g/mol. The van der Waals surface area contributed by atoms with Crippen LogP contribution in [0.5, 0.6) is 0 Å². The summed E-state index contributed by atoms with van der Waals surface area (Å²) in [5.74, 6) is -0.186. The molecule has 1 aliphatic rings. The first-order valence-electron chi connectivity index (χ1n) is 9.29. The molecular formula is C21H22N4O3. The molecule has 3 aromatic rings. The predicted molar refractivity (Wildman–Crippen MR) is 104 cm³/mol. The number of benzene rings is 1. The van der Waals surface area contributed by atoms with Crippen LogP contribution in [0.4, 0.5) is 0 Å².